The van der Waals surface area contributed by atoms with Crippen molar-refractivity contribution in [3.05, 3.63) is 36.0 Å². The second-order valence-corrected chi connectivity index (χ2v) is 3.89. The summed E-state index contributed by atoms with van der Waals surface area (Å²) in [5, 5.41) is 1.00. The molecule has 0 saturated carbocycles. The Morgan fingerprint density at radius 2 is 2.06 bits per heavy atom. The van der Waals surface area contributed by atoms with Crippen LogP contribution in [-0.4, -0.2) is 17.6 Å². The Morgan fingerprint density at radius 3 is 2.82 bits per heavy atom. The molecule has 2 aromatic heterocycles. The lowest BCUT2D eigenvalue weighted by Gasteiger charge is -2.01. The monoisotopic (exact) mass is 229 g/mol. The van der Waals surface area contributed by atoms with E-state index >= 15 is 0 Å². The van der Waals surface area contributed by atoms with Crippen molar-refractivity contribution in [1.82, 2.24) is 4.57 Å². The molecule has 17 heavy (non-hydrogen) atoms. The summed E-state index contributed by atoms with van der Waals surface area (Å²) in [6, 6.07) is 9.46. The first-order valence-electron chi connectivity index (χ1n) is 5.27. The van der Waals surface area contributed by atoms with Crippen molar-refractivity contribution in [3.8, 4) is 0 Å². The molecule has 0 atom stereocenters. The summed E-state index contributed by atoms with van der Waals surface area (Å²) in [7, 11) is 3.20. The van der Waals surface area contributed by atoms with E-state index in [0.717, 1.165) is 16.5 Å². The maximum atomic E-state index is 11.6. The molecule has 3 aromatic rings. The summed E-state index contributed by atoms with van der Waals surface area (Å²) < 4.78 is 12.2. The minimum atomic E-state index is -0.358. The molecule has 4 heteroatoms. The van der Waals surface area contributed by atoms with Crippen molar-refractivity contribution in [3.63, 3.8) is 0 Å². The molecule has 3 rings (SSSR count). The molecule has 2 heterocycles. The van der Waals surface area contributed by atoms with E-state index in [1.54, 1.807) is 10.6 Å². The van der Waals surface area contributed by atoms with Crippen molar-refractivity contribution in [2.24, 2.45) is 7.05 Å². The number of para-hydroxylation sites is 1. The van der Waals surface area contributed by atoms with Crippen LogP contribution in [-0.2, 0) is 11.8 Å². The number of esters is 1. The zero-order valence-corrected chi connectivity index (χ0v) is 9.56. The van der Waals surface area contributed by atoms with E-state index in [1.807, 2.05) is 31.3 Å². The number of furan rings is 1. The fourth-order valence-corrected chi connectivity index (χ4v) is 2.14. The van der Waals surface area contributed by atoms with Crippen LogP contribution >= 0.6 is 0 Å². The van der Waals surface area contributed by atoms with Crippen LogP contribution in [0, 0.1) is 0 Å². The standard InChI is InChI=1S/C13H11NO3/c1-14-9(13(15)16-2)7-11-12(14)8-5-3-4-6-10(8)17-11/h3-7H,1-2H3. The minimum Gasteiger partial charge on any atom is -0.464 e. The Balaban J connectivity index is 2.39. The molecular formula is C13H11NO3. The van der Waals surface area contributed by atoms with Gasteiger partial charge in [0.25, 0.3) is 0 Å². The highest BCUT2D eigenvalue weighted by atomic mass is 16.5. The number of rotatable bonds is 1. The van der Waals surface area contributed by atoms with Crippen molar-refractivity contribution in [2.45, 2.75) is 0 Å². The van der Waals surface area contributed by atoms with Crippen molar-refractivity contribution >= 4 is 28.0 Å². The number of nitrogens with zero attached hydrogens (tertiary/aromatic N) is 1. The summed E-state index contributed by atoms with van der Waals surface area (Å²) >= 11 is 0. The lowest BCUT2D eigenvalue weighted by atomic mass is 10.2. The zero-order valence-electron chi connectivity index (χ0n) is 9.56. The normalized spacial score (nSPS) is 11.2. The van der Waals surface area contributed by atoms with Gasteiger partial charge in [-0.05, 0) is 12.1 Å². The van der Waals surface area contributed by atoms with E-state index in [1.165, 1.54) is 7.11 Å². The molecule has 1 aromatic carbocycles. The highest BCUT2D eigenvalue weighted by Crippen LogP contribution is 2.30. The quantitative estimate of drug-likeness (QED) is 0.602. The van der Waals surface area contributed by atoms with Crippen LogP contribution in [0.1, 0.15) is 10.5 Å². The molecule has 0 unspecified atom stereocenters. The Labute approximate surface area is 97.4 Å². The summed E-state index contributed by atoms with van der Waals surface area (Å²) in [4.78, 5) is 11.6. The molecule has 0 fully saturated rings. The smallest absolute Gasteiger partial charge is 0.354 e. The second kappa shape index (κ2) is 3.38. The molecule has 0 aliphatic carbocycles. The fourth-order valence-electron chi connectivity index (χ4n) is 2.14. The number of aryl methyl sites for hydroxylation is 1. The first-order valence-corrected chi connectivity index (χ1v) is 5.27. The van der Waals surface area contributed by atoms with Gasteiger partial charge < -0.3 is 13.7 Å². The number of aromatic nitrogens is 1. The van der Waals surface area contributed by atoms with Crippen LogP contribution in [0.15, 0.2) is 34.7 Å². The van der Waals surface area contributed by atoms with E-state index in [0.29, 0.717) is 11.3 Å². The molecule has 0 saturated heterocycles. The molecule has 0 N–H and O–H groups in total. The Hall–Kier alpha value is -2.23. The number of methoxy groups -OCH3 is 1. The summed E-state index contributed by atoms with van der Waals surface area (Å²) in [6.07, 6.45) is 0. The van der Waals surface area contributed by atoms with Gasteiger partial charge in [-0.15, -0.1) is 0 Å². The maximum Gasteiger partial charge on any atom is 0.354 e. The van der Waals surface area contributed by atoms with E-state index in [-0.39, 0.29) is 5.97 Å². The van der Waals surface area contributed by atoms with Gasteiger partial charge in [0.15, 0.2) is 5.58 Å². The largest absolute Gasteiger partial charge is 0.464 e. The number of carbonyl (C=O) groups is 1. The molecule has 86 valence electrons. The fraction of sp³-hybridized carbons (Fsp3) is 0.154. The number of hydrogen-bond acceptors (Lipinski definition) is 3. The van der Waals surface area contributed by atoms with Crippen molar-refractivity contribution in [1.29, 1.82) is 0 Å². The first-order chi connectivity index (χ1) is 8.22. The highest BCUT2D eigenvalue weighted by Gasteiger charge is 2.18. The Bertz CT molecular complexity index is 721. The molecular weight excluding hydrogens is 218 g/mol. The lowest BCUT2D eigenvalue weighted by molar-refractivity contribution is 0.0590. The molecule has 0 spiro atoms. The molecule has 4 nitrogen and oxygen atoms in total. The second-order valence-electron chi connectivity index (χ2n) is 3.89. The highest BCUT2D eigenvalue weighted by molar-refractivity contribution is 6.06. The van der Waals surface area contributed by atoms with Gasteiger partial charge in [-0.1, -0.05) is 12.1 Å². The SMILES string of the molecule is COC(=O)c1cc2oc3ccccc3c2n1C. The van der Waals surface area contributed by atoms with E-state index in [2.05, 4.69) is 0 Å². The minimum absolute atomic E-state index is 0.358. The topological polar surface area (TPSA) is 44.4 Å². The van der Waals surface area contributed by atoms with Crippen LogP contribution in [0.4, 0.5) is 0 Å². The van der Waals surface area contributed by atoms with Crippen LogP contribution in [0.3, 0.4) is 0 Å². The van der Waals surface area contributed by atoms with Gasteiger partial charge in [-0.2, -0.15) is 0 Å². The predicted octanol–water partition coefficient (Wildman–Crippen LogP) is 2.71. The van der Waals surface area contributed by atoms with Gasteiger partial charge in [0.2, 0.25) is 0 Å². The van der Waals surface area contributed by atoms with Crippen LogP contribution < -0.4 is 0 Å². The van der Waals surface area contributed by atoms with Gasteiger partial charge in [-0.25, -0.2) is 4.79 Å². The number of carbonyl (C=O) groups excluding carboxylic acids is 1. The van der Waals surface area contributed by atoms with E-state index < -0.39 is 0 Å². The summed E-state index contributed by atoms with van der Waals surface area (Å²) in [6.45, 7) is 0. The third-order valence-electron chi connectivity index (χ3n) is 2.95. The number of hydrogen-bond donors (Lipinski definition) is 0. The third-order valence-corrected chi connectivity index (χ3v) is 2.95. The average Bonchev–Trinajstić information content (AvgIpc) is 2.85. The third kappa shape index (κ3) is 1.27. The first kappa shape index (κ1) is 9.96. The molecule has 0 aliphatic heterocycles. The van der Waals surface area contributed by atoms with Gasteiger partial charge in [0, 0.05) is 18.5 Å². The molecule has 0 amide bonds. The van der Waals surface area contributed by atoms with Crippen molar-refractivity contribution < 1.29 is 13.9 Å². The number of benzene rings is 1. The van der Waals surface area contributed by atoms with Gasteiger partial charge in [0.05, 0.1) is 12.6 Å². The molecule has 0 aliphatic rings. The Kier molecular flexibility index (Phi) is 1.98. The van der Waals surface area contributed by atoms with Gasteiger partial charge >= 0.3 is 5.97 Å². The van der Waals surface area contributed by atoms with Gasteiger partial charge in [0.1, 0.15) is 11.3 Å². The predicted molar refractivity (Wildman–Crippen MR) is 64.0 cm³/mol. The maximum absolute atomic E-state index is 11.6. The van der Waals surface area contributed by atoms with Crippen molar-refractivity contribution in [2.75, 3.05) is 7.11 Å². The van der Waals surface area contributed by atoms with Gasteiger partial charge in [-0.3, -0.25) is 0 Å². The van der Waals surface area contributed by atoms with Crippen LogP contribution in [0.5, 0.6) is 0 Å². The lowest BCUT2D eigenvalue weighted by Crippen LogP contribution is -2.07. The number of ether oxygens (including phenoxy) is 1. The molecule has 0 bridgehead atoms. The summed E-state index contributed by atoms with van der Waals surface area (Å²) in [5.41, 5.74) is 2.94. The Morgan fingerprint density at radius 1 is 1.29 bits per heavy atom. The summed E-state index contributed by atoms with van der Waals surface area (Å²) in [5.74, 6) is -0.358. The van der Waals surface area contributed by atoms with E-state index in [9.17, 15) is 4.79 Å². The van der Waals surface area contributed by atoms with Crippen LogP contribution in [0.25, 0.3) is 22.1 Å². The number of fused-ring (bicyclic) bond motifs is 3. The average molecular weight is 229 g/mol. The molecule has 0 radical (unpaired) electrons. The van der Waals surface area contributed by atoms with E-state index in [4.69, 9.17) is 9.15 Å². The zero-order chi connectivity index (χ0) is 12.0. The van der Waals surface area contributed by atoms with Crippen LogP contribution in [0.2, 0.25) is 0 Å².